The lowest BCUT2D eigenvalue weighted by atomic mass is 10.0. The predicted molar refractivity (Wildman–Crippen MR) is 85.3 cm³/mol. The predicted octanol–water partition coefficient (Wildman–Crippen LogP) is 3.62. The summed E-state index contributed by atoms with van der Waals surface area (Å²) in [6.45, 7) is 4.88. The first kappa shape index (κ1) is 15.2. The number of aryl methyl sites for hydroxylation is 2. The SMILES string of the molecule is Cc1cccc(C)c1COc1ccc(C#CCCO)cc1. The van der Waals surface area contributed by atoms with Gasteiger partial charge in [-0.15, -0.1) is 0 Å². The van der Waals surface area contributed by atoms with Gasteiger partial charge in [-0.2, -0.15) is 0 Å². The highest BCUT2D eigenvalue weighted by molar-refractivity contribution is 5.39. The second-order valence-electron chi connectivity index (χ2n) is 4.96. The van der Waals surface area contributed by atoms with E-state index >= 15 is 0 Å². The molecule has 2 aromatic rings. The van der Waals surface area contributed by atoms with Gasteiger partial charge in [-0.1, -0.05) is 30.0 Å². The highest BCUT2D eigenvalue weighted by Crippen LogP contribution is 2.18. The summed E-state index contributed by atoms with van der Waals surface area (Å²) in [5.74, 6) is 6.74. The van der Waals surface area contributed by atoms with Gasteiger partial charge in [0.1, 0.15) is 12.4 Å². The molecular formula is C19H20O2. The molecule has 2 aromatic carbocycles. The molecule has 0 unspecified atom stereocenters. The summed E-state index contributed by atoms with van der Waals surface area (Å²) in [5, 5.41) is 8.69. The van der Waals surface area contributed by atoms with Crippen molar-refractivity contribution in [3.63, 3.8) is 0 Å². The van der Waals surface area contributed by atoms with E-state index in [0.717, 1.165) is 11.3 Å². The Morgan fingerprint density at radius 2 is 1.67 bits per heavy atom. The summed E-state index contributed by atoms with van der Waals surface area (Å²) in [7, 11) is 0. The topological polar surface area (TPSA) is 29.5 Å². The van der Waals surface area contributed by atoms with Gasteiger partial charge in [0.2, 0.25) is 0 Å². The van der Waals surface area contributed by atoms with Gasteiger partial charge in [0.15, 0.2) is 0 Å². The zero-order valence-electron chi connectivity index (χ0n) is 12.5. The van der Waals surface area contributed by atoms with E-state index in [-0.39, 0.29) is 6.61 Å². The Balaban J connectivity index is 2.00. The maximum Gasteiger partial charge on any atom is 0.119 e. The highest BCUT2D eigenvalue weighted by Gasteiger charge is 2.03. The molecule has 0 spiro atoms. The van der Waals surface area contributed by atoms with E-state index in [1.54, 1.807) is 0 Å². The van der Waals surface area contributed by atoms with Crippen molar-refractivity contribution >= 4 is 0 Å². The number of ether oxygens (including phenoxy) is 1. The molecule has 0 bridgehead atoms. The molecule has 0 aliphatic rings. The van der Waals surface area contributed by atoms with Gasteiger partial charge in [-0.25, -0.2) is 0 Å². The molecule has 0 aliphatic heterocycles. The van der Waals surface area contributed by atoms with Crippen molar-refractivity contribution in [2.24, 2.45) is 0 Å². The van der Waals surface area contributed by atoms with E-state index in [1.165, 1.54) is 16.7 Å². The fraction of sp³-hybridized carbons (Fsp3) is 0.263. The van der Waals surface area contributed by atoms with E-state index in [4.69, 9.17) is 9.84 Å². The van der Waals surface area contributed by atoms with Crippen molar-refractivity contribution in [3.05, 3.63) is 64.7 Å². The molecular weight excluding hydrogens is 260 g/mol. The van der Waals surface area contributed by atoms with E-state index in [9.17, 15) is 0 Å². The summed E-state index contributed by atoms with van der Waals surface area (Å²) in [5.41, 5.74) is 4.68. The average Bonchev–Trinajstić information content (AvgIpc) is 2.48. The number of hydrogen-bond donors (Lipinski definition) is 1. The van der Waals surface area contributed by atoms with Gasteiger partial charge in [0.25, 0.3) is 0 Å². The van der Waals surface area contributed by atoms with Crippen LogP contribution in [0.5, 0.6) is 5.75 Å². The molecule has 1 N–H and O–H groups in total. The van der Waals surface area contributed by atoms with E-state index in [0.29, 0.717) is 13.0 Å². The lowest BCUT2D eigenvalue weighted by molar-refractivity contribution is 0.304. The van der Waals surface area contributed by atoms with E-state index in [2.05, 4.69) is 43.9 Å². The minimum absolute atomic E-state index is 0.101. The third kappa shape index (κ3) is 4.37. The largest absolute Gasteiger partial charge is 0.489 e. The first-order valence-electron chi connectivity index (χ1n) is 7.08. The Morgan fingerprint density at radius 1 is 1.00 bits per heavy atom. The number of benzene rings is 2. The lowest BCUT2D eigenvalue weighted by Gasteiger charge is -2.11. The quantitative estimate of drug-likeness (QED) is 0.867. The second kappa shape index (κ2) is 7.52. The van der Waals surface area contributed by atoms with Crippen molar-refractivity contribution in [1.82, 2.24) is 0 Å². The molecule has 0 aromatic heterocycles. The van der Waals surface area contributed by atoms with Gasteiger partial charge in [-0.3, -0.25) is 0 Å². The van der Waals surface area contributed by atoms with E-state index < -0.39 is 0 Å². The fourth-order valence-electron chi connectivity index (χ4n) is 2.09. The van der Waals surface area contributed by atoms with Crippen LogP contribution < -0.4 is 4.74 Å². The van der Waals surface area contributed by atoms with Crippen molar-refractivity contribution in [2.75, 3.05) is 6.61 Å². The molecule has 2 nitrogen and oxygen atoms in total. The standard InChI is InChI=1S/C19H20O2/c1-15-6-5-7-16(2)19(15)14-21-18-11-9-17(10-12-18)8-3-4-13-20/h5-7,9-12,20H,4,13-14H2,1-2H3. The monoisotopic (exact) mass is 280 g/mol. The Hall–Kier alpha value is -2.24. The van der Waals surface area contributed by atoms with Crippen LogP contribution in [-0.4, -0.2) is 11.7 Å². The van der Waals surface area contributed by atoms with Crippen molar-refractivity contribution in [2.45, 2.75) is 26.9 Å². The van der Waals surface area contributed by atoms with Crippen LogP contribution in [0.4, 0.5) is 0 Å². The molecule has 108 valence electrons. The molecule has 0 fully saturated rings. The summed E-state index contributed by atoms with van der Waals surface area (Å²) in [6.07, 6.45) is 0.505. The minimum atomic E-state index is 0.101. The molecule has 0 radical (unpaired) electrons. The lowest BCUT2D eigenvalue weighted by Crippen LogP contribution is -2.00. The molecule has 2 rings (SSSR count). The Kier molecular flexibility index (Phi) is 5.43. The van der Waals surface area contributed by atoms with Gasteiger partial charge < -0.3 is 9.84 Å². The highest BCUT2D eigenvalue weighted by atomic mass is 16.5. The Morgan fingerprint density at radius 3 is 2.29 bits per heavy atom. The number of aliphatic hydroxyl groups is 1. The summed E-state index contributed by atoms with van der Waals surface area (Å²) < 4.78 is 5.85. The Labute approximate surface area is 126 Å². The van der Waals surface area contributed by atoms with Crippen LogP contribution in [0.25, 0.3) is 0 Å². The summed E-state index contributed by atoms with van der Waals surface area (Å²) in [4.78, 5) is 0. The average molecular weight is 280 g/mol. The molecule has 0 saturated heterocycles. The van der Waals surface area contributed by atoms with Crippen LogP contribution in [0.2, 0.25) is 0 Å². The minimum Gasteiger partial charge on any atom is -0.489 e. The maximum absolute atomic E-state index is 8.69. The van der Waals surface area contributed by atoms with Crippen LogP contribution in [0.1, 0.15) is 28.7 Å². The normalized spacial score (nSPS) is 9.86. The van der Waals surface area contributed by atoms with Crippen LogP contribution in [-0.2, 0) is 6.61 Å². The number of aliphatic hydroxyl groups excluding tert-OH is 1. The summed E-state index contributed by atoms with van der Waals surface area (Å²) >= 11 is 0. The van der Waals surface area contributed by atoms with Gasteiger partial charge in [0.05, 0.1) is 6.61 Å². The second-order valence-corrected chi connectivity index (χ2v) is 4.96. The van der Waals surface area contributed by atoms with Crippen LogP contribution in [0, 0.1) is 25.7 Å². The zero-order chi connectivity index (χ0) is 15.1. The first-order chi connectivity index (χ1) is 10.2. The molecule has 0 amide bonds. The third-order valence-corrected chi connectivity index (χ3v) is 3.35. The molecule has 0 aliphatic carbocycles. The molecule has 0 atom stereocenters. The molecule has 0 saturated carbocycles. The Bertz CT molecular complexity index is 625. The van der Waals surface area contributed by atoms with Crippen LogP contribution in [0.3, 0.4) is 0 Å². The van der Waals surface area contributed by atoms with Gasteiger partial charge in [-0.05, 0) is 54.8 Å². The first-order valence-corrected chi connectivity index (χ1v) is 7.08. The van der Waals surface area contributed by atoms with Gasteiger partial charge in [0, 0.05) is 12.0 Å². The van der Waals surface area contributed by atoms with Gasteiger partial charge >= 0.3 is 0 Å². The van der Waals surface area contributed by atoms with Crippen molar-refractivity contribution in [3.8, 4) is 17.6 Å². The fourth-order valence-corrected chi connectivity index (χ4v) is 2.09. The molecule has 0 heterocycles. The molecule has 2 heteroatoms. The zero-order valence-corrected chi connectivity index (χ0v) is 12.5. The van der Waals surface area contributed by atoms with Crippen molar-refractivity contribution in [1.29, 1.82) is 0 Å². The third-order valence-electron chi connectivity index (χ3n) is 3.35. The van der Waals surface area contributed by atoms with Crippen LogP contribution >= 0.6 is 0 Å². The summed E-state index contributed by atoms with van der Waals surface area (Å²) in [6, 6.07) is 14.0. The smallest absolute Gasteiger partial charge is 0.119 e. The van der Waals surface area contributed by atoms with Crippen LogP contribution in [0.15, 0.2) is 42.5 Å². The van der Waals surface area contributed by atoms with E-state index in [1.807, 2.05) is 24.3 Å². The number of rotatable bonds is 4. The number of hydrogen-bond acceptors (Lipinski definition) is 2. The molecule has 21 heavy (non-hydrogen) atoms. The van der Waals surface area contributed by atoms with Crippen molar-refractivity contribution < 1.29 is 9.84 Å². The maximum atomic E-state index is 8.69.